The lowest BCUT2D eigenvalue weighted by atomic mass is 9.74. The van der Waals surface area contributed by atoms with E-state index >= 15 is 0 Å². The summed E-state index contributed by atoms with van der Waals surface area (Å²) in [6.45, 7) is 4.89. The normalized spacial score (nSPS) is 16.8. The molecule has 0 saturated heterocycles. The highest BCUT2D eigenvalue weighted by molar-refractivity contribution is 6.11. The van der Waals surface area contributed by atoms with Gasteiger partial charge in [-0.05, 0) is 126 Å². The molecule has 12 aromatic rings. The van der Waals surface area contributed by atoms with Gasteiger partial charge in [-0.15, -0.1) is 0 Å². The topological polar surface area (TPSA) is 45.5 Å². The van der Waals surface area contributed by atoms with Crippen molar-refractivity contribution in [1.82, 2.24) is 28.2 Å². The number of para-hydroxylation sites is 4. The zero-order valence-electron chi connectivity index (χ0n) is 39.5. The van der Waals surface area contributed by atoms with E-state index in [0.29, 0.717) is 0 Å². The molecule has 3 aliphatic rings. The van der Waals surface area contributed by atoms with Crippen molar-refractivity contribution in [3.05, 3.63) is 234 Å². The predicted molar refractivity (Wildman–Crippen MR) is 293 cm³/mol. The van der Waals surface area contributed by atoms with E-state index in [1.807, 2.05) is 0 Å². The molecule has 0 aliphatic heterocycles. The second-order valence-corrected chi connectivity index (χ2v) is 20.1. The van der Waals surface area contributed by atoms with Crippen LogP contribution in [0.4, 0.5) is 0 Å². The fourth-order valence-corrected chi connectivity index (χ4v) is 12.6. The van der Waals surface area contributed by atoms with Crippen molar-refractivity contribution in [2.45, 2.75) is 38.0 Å². The molecule has 338 valence electrons. The molecule has 0 fully saturated rings. The highest BCUT2D eigenvalue weighted by atomic mass is 15.1. The average molecular weight is 913 g/mol. The third-order valence-electron chi connectivity index (χ3n) is 15.9. The number of hydrogen-bond donors (Lipinski definition) is 0. The monoisotopic (exact) mass is 912 g/mol. The van der Waals surface area contributed by atoms with Crippen LogP contribution < -0.4 is 10.7 Å². The first-order chi connectivity index (χ1) is 35.0. The fourth-order valence-electron chi connectivity index (χ4n) is 12.6. The highest BCUT2D eigenvalue weighted by Crippen LogP contribution is 2.54. The Bertz CT molecular complexity index is 4370. The third kappa shape index (κ3) is 5.88. The SMILES string of the molecule is CC1(C)c2cc3c(cc2C2C=c4nc(-c5ccccc5)n(-c5ccc6c(c5)c5ccccc5n6-c5ccccc5)c4=CC21)nc(C1=CCCC=C1)n3-c1ccc2c(c1)c1ccccc1n2-c1ccccc1. The molecule has 2 atom stereocenters. The number of rotatable bonds is 6. The van der Waals surface area contributed by atoms with Crippen molar-refractivity contribution < 1.29 is 0 Å². The number of aromatic nitrogens is 6. The predicted octanol–water partition coefficient (Wildman–Crippen LogP) is 14.1. The van der Waals surface area contributed by atoms with Crippen molar-refractivity contribution in [3.8, 4) is 34.1 Å². The summed E-state index contributed by atoms with van der Waals surface area (Å²) < 4.78 is 9.62. The van der Waals surface area contributed by atoms with Crippen LogP contribution in [0.3, 0.4) is 0 Å². The first-order valence-electron chi connectivity index (χ1n) is 25.0. The maximum atomic E-state index is 5.57. The number of imidazole rings is 2. The van der Waals surface area contributed by atoms with Gasteiger partial charge in [0, 0.05) is 61.3 Å². The van der Waals surface area contributed by atoms with E-state index in [-0.39, 0.29) is 17.3 Å². The standard InChI is InChI=1S/C65H48N6/c1-65(2)53-39-61-55(66-63(41-19-7-3-8-20-41)70(61)45-31-33-59-51(35-45)47-27-15-17-29-57(47)68(59)43-23-11-5-12-24-43)37-49(53)50-38-56-62(40-54(50)65)71(64(67-56)42-21-9-4-10-22-42)46-32-34-60-52(36-46)48-28-16-18-30-58(48)69(60)44-25-13-6-14-26-44/h3,5-9,11-40,49,53H,4,10H2,1-2H3. The molecule has 6 nitrogen and oxygen atoms in total. The third-order valence-corrected chi connectivity index (χ3v) is 15.9. The van der Waals surface area contributed by atoms with Crippen molar-refractivity contribution in [2.24, 2.45) is 5.92 Å². The number of hydrogen-bond acceptors (Lipinski definition) is 2. The largest absolute Gasteiger partial charge is 0.309 e. The summed E-state index contributed by atoms with van der Waals surface area (Å²) in [5.41, 5.74) is 16.2. The molecule has 0 amide bonds. The molecule has 0 spiro atoms. The Kier molecular flexibility index (Phi) is 8.56. The Morgan fingerprint density at radius 2 is 1.04 bits per heavy atom. The van der Waals surface area contributed by atoms with Gasteiger partial charge in [0.25, 0.3) is 0 Å². The van der Waals surface area contributed by atoms with Gasteiger partial charge in [0.05, 0.1) is 43.8 Å². The number of benzene rings is 8. The van der Waals surface area contributed by atoms with Crippen LogP contribution in [0.25, 0.3) is 107 Å². The Labute approximate surface area is 410 Å². The van der Waals surface area contributed by atoms with Crippen LogP contribution in [0.2, 0.25) is 0 Å². The molecule has 0 N–H and O–H groups in total. The van der Waals surface area contributed by atoms with Crippen molar-refractivity contribution >= 4 is 72.4 Å². The minimum atomic E-state index is -0.205. The van der Waals surface area contributed by atoms with Gasteiger partial charge in [-0.2, -0.15) is 0 Å². The zero-order valence-corrected chi connectivity index (χ0v) is 39.5. The summed E-state index contributed by atoms with van der Waals surface area (Å²) in [6, 6.07) is 68.5. The van der Waals surface area contributed by atoms with E-state index in [0.717, 1.165) is 74.5 Å². The second-order valence-electron chi connectivity index (χ2n) is 20.1. The molecular weight excluding hydrogens is 865 g/mol. The number of nitrogens with zero attached hydrogens (tertiary/aromatic N) is 6. The molecule has 4 heterocycles. The minimum Gasteiger partial charge on any atom is -0.309 e. The van der Waals surface area contributed by atoms with Gasteiger partial charge in [0.1, 0.15) is 11.6 Å². The molecule has 2 unspecified atom stereocenters. The highest BCUT2D eigenvalue weighted by Gasteiger charge is 2.46. The van der Waals surface area contributed by atoms with E-state index in [4.69, 9.17) is 9.97 Å². The first-order valence-corrected chi connectivity index (χ1v) is 25.0. The van der Waals surface area contributed by atoms with Gasteiger partial charge in [-0.25, -0.2) is 9.97 Å². The molecule has 3 aliphatic carbocycles. The van der Waals surface area contributed by atoms with Gasteiger partial charge in [0.15, 0.2) is 0 Å². The van der Waals surface area contributed by atoms with Crippen molar-refractivity contribution in [2.75, 3.05) is 0 Å². The van der Waals surface area contributed by atoms with Crippen LogP contribution in [0.1, 0.15) is 49.6 Å². The maximum absolute atomic E-state index is 5.57. The Morgan fingerprint density at radius 1 is 0.465 bits per heavy atom. The van der Waals surface area contributed by atoms with Gasteiger partial charge < -0.3 is 9.13 Å². The van der Waals surface area contributed by atoms with Gasteiger partial charge in [-0.3, -0.25) is 9.13 Å². The first kappa shape index (κ1) is 40.2. The Morgan fingerprint density at radius 3 is 1.66 bits per heavy atom. The maximum Gasteiger partial charge on any atom is 0.145 e. The van der Waals surface area contributed by atoms with Crippen LogP contribution in [0.5, 0.6) is 0 Å². The molecule has 15 rings (SSSR count). The molecular formula is C65H48N6. The fraction of sp³-hybridized carbons (Fsp3) is 0.108. The number of fused-ring (bicyclic) bond motifs is 11. The molecule has 71 heavy (non-hydrogen) atoms. The summed E-state index contributed by atoms with van der Waals surface area (Å²) in [4.78, 5) is 11.1. The summed E-state index contributed by atoms with van der Waals surface area (Å²) >= 11 is 0. The van der Waals surface area contributed by atoms with Crippen LogP contribution in [-0.2, 0) is 5.41 Å². The van der Waals surface area contributed by atoms with Gasteiger partial charge in [-0.1, -0.05) is 141 Å². The van der Waals surface area contributed by atoms with E-state index < -0.39 is 0 Å². The van der Waals surface area contributed by atoms with E-state index in [1.165, 1.54) is 60.3 Å². The summed E-state index contributed by atoms with van der Waals surface area (Å²) in [5.74, 6) is 2.26. The smallest absolute Gasteiger partial charge is 0.145 e. The summed E-state index contributed by atoms with van der Waals surface area (Å²) in [7, 11) is 0. The van der Waals surface area contributed by atoms with Crippen LogP contribution in [-0.4, -0.2) is 28.2 Å². The van der Waals surface area contributed by atoms with Crippen LogP contribution >= 0.6 is 0 Å². The summed E-state index contributed by atoms with van der Waals surface area (Å²) in [6.07, 6.45) is 14.0. The summed E-state index contributed by atoms with van der Waals surface area (Å²) in [5, 5.41) is 7.07. The second kappa shape index (κ2) is 15.1. The lowest BCUT2D eigenvalue weighted by Crippen LogP contribution is -2.38. The molecule has 8 aromatic carbocycles. The Balaban J connectivity index is 0.919. The van der Waals surface area contributed by atoms with Crippen LogP contribution in [0, 0.1) is 5.92 Å². The van der Waals surface area contributed by atoms with Gasteiger partial charge in [0.2, 0.25) is 0 Å². The van der Waals surface area contributed by atoms with E-state index in [9.17, 15) is 0 Å². The lowest BCUT2D eigenvalue weighted by molar-refractivity contribution is 0.421. The Hall–Kier alpha value is -8.74. The van der Waals surface area contributed by atoms with Gasteiger partial charge >= 0.3 is 0 Å². The van der Waals surface area contributed by atoms with Crippen molar-refractivity contribution in [3.63, 3.8) is 0 Å². The number of allylic oxidation sites excluding steroid dienone is 4. The molecule has 0 radical (unpaired) electrons. The molecule has 6 heteroatoms. The quantitative estimate of drug-likeness (QED) is 0.167. The van der Waals surface area contributed by atoms with E-state index in [1.54, 1.807) is 0 Å². The molecule has 4 aromatic heterocycles. The van der Waals surface area contributed by atoms with Crippen molar-refractivity contribution in [1.29, 1.82) is 0 Å². The minimum absolute atomic E-state index is 0.137. The molecule has 0 bridgehead atoms. The lowest BCUT2D eigenvalue weighted by Gasteiger charge is -2.29. The zero-order chi connectivity index (χ0) is 47.0. The average Bonchev–Trinajstić information content (AvgIpc) is 4.21. The molecule has 0 saturated carbocycles. The van der Waals surface area contributed by atoms with E-state index in [2.05, 4.69) is 251 Å². The van der Waals surface area contributed by atoms with Crippen LogP contribution in [0.15, 0.2) is 206 Å².